The molecule has 208 valence electrons. The highest BCUT2D eigenvalue weighted by molar-refractivity contribution is 7.19. The first-order valence-electron chi connectivity index (χ1n) is 12.9. The maximum absolute atomic E-state index is 13.1. The maximum Gasteiger partial charge on any atom is 0.291 e. The van der Waals surface area contributed by atoms with E-state index in [0.29, 0.717) is 48.4 Å². The summed E-state index contributed by atoms with van der Waals surface area (Å²) in [5.41, 5.74) is 10.1. The van der Waals surface area contributed by atoms with Gasteiger partial charge < -0.3 is 25.4 Å². The van der Waals surface area contributed by atoms with Gasteiger partial charge in [-0.05, 0) is 6.07 Å². The number of aliphatic imine (C=N–C) groups is 2. The van der Waals surface area contributed by atoms with Crippen molar-refractivity contribution in [3.8, 4) is 10.6 Å². The minimum absolute atomic E-state index is 0.288. The van der Waals surface area contributed by atoms with Crippen LogP contribution in [0.25, 0.3) is 10.6 Å². The molecule has 0 radical (unpaired) electrons. The summed E-state index contributed by atoms with van der Waals surface area (Å²) in [4.78, 5) is 28.9. The number of amides is 1. The number of nitrogens with two attached hydrogens (primary N) is 1. The van der Waals surface area contributed by atoms with Gasteiger partial charge in [0.25, 0.3) is 11.9 Å². The Balaban J connectivity index is 1.31. The molecule has 1 amide bonds. The lowest BCUT2D eigenvalue weighted by molar-refractivity contribution is -0.117. The van der Waals surface area contributed by atoms with Crippen molar-refractivity contribution in [1.29, 1.82) is 5.41 Å². The van der Waals surface area contributed by atoms with Crippen molar-refractivity contribution in [3.05, 3.63) is 83.8 Å². The summed E-state index contributed by atoms with van der Waals surface area (Å²) in [6.07, 6.45) is 2.35. The predicted molar refractivity (Wildman–Crippen MR) is 158 cm³/mol. The van der Waals surface area contributed by atoms with E-state index < -0.39 is 12.1 Å². The Kier molecular flexibility index (Phi) is 7.27. The normalized spacial score (nSPS) is 17.3. The van der Waals surface area contributed by atoms with Crippen molar-refractivity contribution in [2.24, 2.45) is 22.8 Å². The molecule has 0 aliphatic carbocycles. The van der Waals surface area contributed by atoms with E-state index in [1.54, 1.807) is 10.9 Å². The van der Waals surface area contributed by atoms with Crippen LogP contribution >= 0.6 is 11.3 Å². The molecule has 2 aliphatic rings. The molecule has 2 aromatic carbocycles. The summed E-state index contributed by atoms with van der Waals surface area (Å²) in [7, 11) is 1.83. The molecule has 4 aromatic rings. The van der Waals surface area contributed by atoms with E-state index in [0.717, 1.165) is 21.7 Å². The van der Waals surface area contributed by atoms with E-state index in [2.05, 4.69) is 25.3 Å². The third-order valence-corrected chi connectivity index (χ3v) is 7.67. The number of ether oxygens (including phenoxy) is 2. The fourth-order valence-electron chi connectivity index (χ4n) is 4.56. The Morgan fingerprint density at radius 1 is 1.15 bits per heavy atom. The summed E-state index contributed by atoms with van der Waals surface area (Å²) in [6.45, 7) is 2.44. The van der Waals surface area contributed by atoms with Crippen LogP contribution in [-0.2, 0) is 21.3 Å². The Labute approximate surface area is 239 Å². The number of fused-ring (bicyclic) bond motifs is 1. The van der Waals surface area contributed by atoms with Crippen molar-refractivity contribution >= 4 is 45.6 Å². The average Bonchev–Trinajstić information content (AvgIpc) is 3.60. The molecule has 4 heterocycles. The Hall–Kier alpha value is -4.88. The van der Waals surface area contributed by atoms with Crippen molar-refractivity contribution < 1.29 is 14.3 Å². The number of aryl methyl sites for hydroxylation is 1. The number of aromatic nitrogens is 3. The van der Waals surface area contributed by atoms with Gasteiger partial charge in [-0.15, -0.1) is 0 Å². The number of benzene rings is 2. The summed E-state index contributed by atoms with van der Waals surface area (Å²) in [6, 6.07) is 16.6. The van der Waals surface area contributed by atoms with E-state index in [4.69, 9.17) is 25.6 Å². The predicted octanol–water partition coefficient (Wildman–Crippen LogP) is 2.85. The number of para-hydroxylation sites is 1. The van der Waals surface area contributed by atoms with Crippen LogP contribution in [0, 0.1) is 5.41 Å². The van der Waals surface area contributed by atoms with Gasteiger partial charge in [0.05, 0.1) is 30.8 Å². The van der Waals surface area contributed by atoms with E-state index in [1.807, 2.05) is 67.8 Å². The quantitative estimate of drug-likeness (QED) is 0.246. The zero-order chi connectivity index (χ0) is 28.3. The number of rotatable bonds is 5. The molecular formula is C28H27N9O3S. The number of carbonyl (C=O) groups excluding carboxylic acids is 1. The van der Waals surface area contributed by atoms with Crippen LogP contribution in [0.1, 0.15) is 16.8 Å². The lowest BCUT2D eigenvalue weighted by Gasteiger charge is -2.27. The van der Waals surface area contributed by atoms with Gasteiger partial charge in [0.15, 0.2) is 5.69 Å². The molecule has 6 rings (SSSR count). The molecule has 0 unspecified atom stereocenters. The van der Waals surface area contributed by atoms with Gasteiger partial charge in [-0.1, -0.05) is 59.9 Å². The summed E-state index contributed by atoms with van der Waals surface area (Å²) in [5, 5.41) is 17.3. The molecule has 1 fully saturated rings. The third-order valence-electron chi connectivity index (χ3n) is 6.50. The van der Waals surface area contributed by atoms with E-state index in [-0.39, 0.29) is 11.9 Å². The summed E-state index contributed by atoms with van der Waals surface area (Å²) in [5.74, 6) is -0.758. The molecule has 41 heavy (non-hydrogen) atoms. The smallest absolute Gasteiger partial charge is 0.291 e. The molecule has 4 N–H and O–H groups in total. The van der Waals surface area contributed by atoms with Gasteiger partial charge in [-0.2, -0.15) is 10.1 Å². The number of hydrogen-bond donors (Lipinski definition) is 3. The molecule has 0 spiro atoms. The average molecular weight is 570 g/mol. The van der Waals surface area contributed by atoms with Crippen LogP contribution in [0.5, 0.6) is 0 Å². The number of benzodiazepines with no additional fused rings is 1. The minimum atomic E-state index is -1.23. The van der Waals surface area contributed by atoms with Crippen LogP contribution in [0.2, 0.25) is 0 Å². The maximum atomic E-state index is 13.1. The van der Waals surface area contributed by atoms with Crippen molar-refractivity contribution in [2.45, 2.75) is 6.17 Å². The topological polar surface area (TPSA) is 156 Å². The van der Waals surface area contributed by atoms with Crippen LogP contribution < -0.4 is 16.0 Å². The molecule has 12 nitrogen and oxygen atoms in total. The first kappa shape index (κ1) is 26.3. The Morgan fingerprint density at radius 3 is 2.66 bits per heavy atom. The number of nitrogens with one attached hydrogen (secondary N) is 2. The molecule has 0 saturated carbocycles. The summed E-state index contributed by atoms with van der Waals surface area (Å²) < 4.78 is 12.9. The highest BCUT2D eigenvalue weighted by Crippen LogP contribution is 2.35. The van der Waals surface area contributed by atoms with E-state index in [1.165, 1.54) is 11.3 Å². The molecular weight excluding hydrogens is 542 g/mol. The lowest BCUT2D eigenvalue weighted by Crippen LogP contribution is -2.37. The van der Waals surface area contributed by atoms with Crippen molar-refractivity contribution in [3.63, 3.8) is 0 Å². The van der Waals surface area contributed by atoms with Crippen LogP contribution in [0.4, 0.5) is 10.7 Å². The second kappa shape index (κ2) is 11.3. The summed E-state index contributed by atoms with van der Waals surface area (Å²) >= 11 is 1.44. The molecule has 2 aliphatic heterocycles. The first-order chi connectivity index (χ1) is 20.0. The zero-order valence-electron chi connectivity index (χ0n) is 22.2. The molecule has 1 saturated heterocycles. The number of amidine groups is 1. The molecule has 1 atom stereocenters. The number of morpholine rings is 1. The van der Waals surface area contributed by atoms with Gasteiger partial charge >= 0.3 is 0 Å². The number of nitrogens with zero attached hydrogens (tertiary/aromatic N) is 6. The van der Waals surface area contributed by atoms with Gasteiger partial charge in [0.2, 0.25) is 12.1 Å². The van der Waals surface area contributed by atoms with E-state index in [9.17, 15) is 4.79 Å². The van der Waals surface area contributed by atoms with Crippen molar-refractivity contribution in [2.75, 3.05) is 36.5 Å². The number of carbonyl (C=O) groups is 1. The molecule has 13 heteroatoms. The largest absolute Gasteiger partial charge is 0.405 e. The standard InChI is InChI=1S/C28H27N9O3S/c1-36-16-18(15-31-36)26-34-22(27(41-26)37-11-13-39-14-12-37)23(29)40-28(30)35-24-25(38)32-20-10-6-5-9-19(20)21(33-24)17-7-3-2-4-8-17/h2-10,15-16,24,29H,11-14H2,1H3,(H2,30,35)(H,32,38)/t24-/m1/s1. The monoisotopic (exact) mass is 569 g/mol. The third kappa shape index (κ3) is 5.58. The van der Waals surface area contributed by atoms with Gasteiger partial charge in [0, 0.05) is 43.0 Å². The van der Waals surface area contributed by atoms with Gasteiger partial charge in [-0.3, -0.25) is 14.9 Å². The Bertz CT molecular complexity index is 1650. The van der Waals surface area contributed by atoms with Crippen LogP contribution in [0.3, 0.4) is 0 Å². The van der Waals surface area contributed by atoms with Crippen molar-refractivity contribution in [1.82, 2.24) is 14.8 Å². The highest BCUT2D eigenvalue weighted by atomic mass is 32.1. The van der Waals surface area contributed by atoms with Crippen LogP contribution in [0.15, 0.2) is 77.0 Å². The Morgan fingerprint density at radius 2 is 1.90 bits per heavy atom. The molecule has 0 bridgehead atoms. The van der Waals surface area contributed by atoms with Crippen LogP contribution in [-0.4, -0.2) is 70.8 Å². The minimum Gasteiger partial charge on any atom is -0.405 e. The fraction of sp³-hybridized carbons (Fsp3) is 0.214. The van der Waals surface area contributed by atoms with E-state index >= 15 is 0 Å². The fourth-order valence-corrected chi connectivity index (χ4v) is 5.65. The van der Waals surface area contributed by atoms with Gasteiger partial charge in [-0.25, -0.2) is 9.98 Å². The second-order valence-corrected chi connectivity index (χ2v) is 10.3. The second-order valence-electron chi connectivity index (χ2n) is 9.33. The number of anilines is 2. The highest BCUT2D eigenvalue weighted by Gasteiger charge is 2.28. The first-order valence-corrected chi connectivity index (χ1v) is 13.7. The SMILES string of the molecule is Cn1cc(-c2nc(C(=N)O/C(N)=N/[C@H]3N=C(c4ccccc4)c4ccccc4NC3=O)c(N3CCOCC3)s2)cn1. The lowest BCUT2D eigenvalue weighted by atomic mass is 10.0. The van der Waals surface area contributed by atoms with Gasteiger partial charge in [0.1, 0.15) is 10.0 Å². The number of hydrogen-bond acceptors (Lipinski definition) is 10. The molecule has 2 aromatic heterocycles. The zero-order valence-corrected chi connectivity index (χ0v) is 23.0. The number of thiazole rings is 1.